The van der Waals surface area contributed by atoms with Crippen LogP contribution in [0.1, 0.15) is 10.4 Å². The first kappa shape index (κ1) is 8.52. The molecule has 0 amide bonds. The number of aldehydes is 1. The van der Waals surface area contributed by atoms with Crippen LogP contribution in [0, 0.1) is 5.82 Å². The Kier molecular flexibility index (Phi) is 2.28. The minimum absolute atomic E-state index is 0.0121. The van der Waals surface area contributed by atoms with Gasteiger partial charge in [0.15, 0.2) is 23.6 Å². The van der Waals surface area contributed by atoms with Gasteiger partial charge in [-0.25, -0.2) is 4.39 Å². The maximum absolute atomic E-state index is 12.9. The van der Waals surface area contributed by atoms with E-state index in [9.17, 15) is 9.18 Å². The van der Waals surface area contributed by atoms with E-state index >= 15 is 0 Å². The Morgan fingerprint density at radius 2 is 2.25 bits per heavy atom. The number of benzene rings is 1. The van der Waals surface area contributed by atoms with E-state index in [1.54, 1.807) is 0 Å². The number of hydrogen-bond acceptors (Lipinski definition) is 3. The van der Waals surface area contributed by atoms with Crippen LogP contribution in [0.2, 0.25) is 0 Å². The van der Waals surface area contributed by atoms with Gasteiger partial charge in [-0.2, -0.15) is 0 Å². The van der Waals surface area contributed by atoms with E-state index < -0.39 is 11.6 Å². The molecule has 12 heavy (non-hydrogen) atoms. The number of carbonyl (C=O) groups is 1. The number of halogens is 1. The molecule has 0 unspecified atom stereocenters. The summed E-state index contributed by atoms with van der Waals surface area (Å²) < 4.78 is 17.5. The number of aromatic hydroxyl groups is 1. The first-order valence-corrected chi connectivity index (χ1v) is 3.21. The second kappa shape index (κ2) is 3.21. The third kappa shape index (κ3) is 1.23. The summed E-state index contributed by atoms with van der Waals surface area (Å²) in [4.78, 5) is 10.2. The van der Waals surface area contributed by atoms with Gasteiger partial charge < -0.3 is 9.84 Å². The molecule has 0 aliphatic heterocycles. The SMILES string of the molecule is COc1ccc(C=O)c(F)c1O. The van der Waals surface area contributed by atoms with E-state index in [-0.39, 0.29) is 11.3 Å². The first-order valence-electron chi connectivity index (χ1n) is 3.21. The summed E-state index contributed by atoms with van der Waals surface area (Å²) in [6.45, 7) is 0. The Hall–Kier alpha value is -1.58. The lowest BCUT2D eigenvalue weighted by atomic mass is 10.2. The van der Waals surface area contributed by atoms with Crippen molar-refractivity contribution in [3.05, 3.63) is 23.5 Å². The molecule has 0 radical (unpaired) electrons. The Bertz CT molecular complexity index is 309. The van der Waals surface area contributed by atoms with Crippen molar-refractivity contribution in [2.45, 2.75) is 0 Å². The predicted molar refractivity (Wildman–Crippen MR) is 40.0 cm³/mol. The minimum atomic E-state index is -0.954. The van der Waals surface area contributed by atoms with Crippen LogP contribution in [0.5, 0.6) is 11.5 Å². The monoisotopic (exact) mass is 170 g/mol. The lowest BCUT2D eigenvalue weighted by Crippen LogP contribution is -1.91. The van der Waals surface area contributed by atoms with Crippen LogP contribution in [0.15, 0.2) is 12.1 Å². The number of methoxy groups -OCH3 is 1. The van der Waals surface area contributed by atoms with Crippen molar-refractivity contribution in [1.82, 2.24) is 0 Å². The smallest absolute Gasteiger partial charge is 0.195 e. The molecular weight excluding hydrogens is 163 g/mol. The second-order valence-electron chi connectivity index (χ2n) is 2.14. The van der Waals surface area contributed by atoms with Crippen LogP contribution in [-0.2, 0) is 0 Å². The van der Waals surface area contributed by atoms with E-state index in [1.807, 2.05) is 0 Å². The average molecular weight is 170 g/mol. The Morgan fingerprint density at radius 3 is 2.75 bits per heavy atom. The molecular formula is C8H7FO3. The van der Waals surface area contributed by atoms with Gasteiger partial charge >= 0.3 is 0 Å². The van der Waals surface area contributed by atoms with Gasteiger partial charge in [0, 0.05) is 0 Å². The summed E-state index contributed by atoms with van der Waals surface area (Å²) >= 11 is 0. The van der Waals surface area contributed by atoms with Gasteiger partial charge in [0.25, 0.3) is 0 Å². The van der Waals surface area contributed by atoms with E-state index in [2.05, 4.69) is 4.74 Å². The Balaban J connectivity index is 3.29. The molecule has 0 atom stereocenters. The van der Waals surface area contributed by atoms with Gasteiger partial charge in [-0.1, -0.05) is 0 Å². The molecule has 4 heteroatoms. The molecule has 1 rings (SSSR count). The zero-order valence-electron chi connectivity index (χ0n) is 6.37. The fraction of sp³-hybridized carbons (Fsp3) is 0.125. The van der Waals surface area contributed by atoms with E-state index in [1.165, 1.54) is 19.2 Å². The summed E-state index contributed by atoms with van der Waals surface area (Å²) in [6.07, 6.45) is 0.328. The molecule has 3 nitrogen and oxygen atoms in total. The van der Waals surface area contributed by atoms with Crippen LogP contribution in [0.3, 0.4) is 0 Å². The van der Waals surface area contributed by atoms with Crippen LogP contribution >= 0.6 is 0 Å². The molecule has 0 aliphatic rings. The van der Waals surface area contributed by atoms with E-state index in [0.717, 1.165) is 0 Å². The Labute approximate surface area is 68.4 Å². The van der Waals surface area contributed by atoms with E-state index in [4.69, 9.17) is 5.11 Å². The molecule has 0 saturated heterocycles. The maximum Gasteiger partial charge on any atom is 0.195 e. The molecule has 0 bridgehead atoms. The topological polar surface area (TPSA) is 46.5 Å². The highest BCUT2D eigenvalue weighted by Gasteiger charge is 2.11. The van der Waals surface area contributed by atoms with Gasteiger partial charge in [0.1, 0.15) is 0 Å². The quantitative estimate of drug-likeness (QED) is 0.681. The molecule has 0 saturated carbocycles. The fourth-order valence-corrected chi connectivity index (χ4v) is 0.818. The number of ether oxygens (including phenoxy) is 1. The van der Waals surface area contributed by atoms with Gasteiger partial charge in [-0.15, -0.1) is 0 Å². The Morgan fingerprint density at radius 1 is 1.58 bits per heavy atom. The molecule has 0 aromatic heterocycles. The molecule has 64 valence electrons. The number of phenolic OH excluding ortho intramolecular Hbond substituents is 1. The van der Waals surface area contributed by atoms with Crippen molar-refractivity contribution >= 4 is 6.29 Å². The highest BCUT2D eigenvalue weighted by atomic mass is 19.1. The zero-order chi connectivity index (χ0) is 9.14. The number of phenols is 1. The molecule has 1 aromatic rings. The third-order valence-corrected chi connectivity index (χ3v) is 1.46. The fourth-order valence-electron chi connectivity index (χ4n) is 0.818. The summed E-state index contributed by atoms with van der Waals surface area (Å²) in [5.41, 5.74) is -0.187. The van der Waals surface area contributed by atoms with E-state index in [0.29, 0.717) is 6.29 Å². The number of carbonyl (C=O) groups excluding carboxylic acids is 1. The molecule has 0 spiro atoms. The van der Waals surface area contributed by atoms with Gasteiger partial charge in [0.05, 0.1) is 12.7 Å². The lowest BCUT2D eigenvalue weighted by molar-refractivity contribution is 0.111. The summed E-state index contributed by atoms with van der Waals surface area (Å²) in [5.74, 6) is -1.58. The average Bonchev–Trinajstić information content (AvgIpc) is 2.10. The zero-order valence-corrected chi connectivity index (χ0v) is 6.37. The van der Waals surface area contributed by atoms with Crippen LogP contribution < -0.4 is 4.74 Å². The van der Waals surface area contributed by atoms with Crippen molar-refractivity contribution in [3.63, 3.8) is 0 Å². The predicted octanol–water partition coefficient (Wildman–Crippen LogP) is 1.35. The highest BCUT2D eigenvalue weighted by molar-refractivity contribution is 5.76. The number of hydrogen-bond donors (Lipinski definition) is 1. The summed E-state index contributed by atoms with van der Waals surface area (Å²) in [7, 11) is 1.30. The van der Waals surface area contributed by atoms with Crippen molar-refractivity contribution in [1.29, 1.82) is 0 Å². The van der Waals surface area contributed by atoms with Crippen LogP contribution in [-0.4, -0.2) is 18.5 Å². The van der Waals surface area contributed by atoms with Crippen LogP contribution in [0.4, 0.5) is 4.39 Å². The van der Waals surface area contributed by atoms with Crippen molar-refractivity contribution in [2.24, 2.45) is 0 Å². The van der Waals surface area contributed by atoms with Crippen molar-refractivity contribution < 1.29 is 19.0 Å². The summed E-state index contributed by atoms with van der Waals surface area (Å²) in [5, 5.41) is 9.05. The largest absolute Gasteiger partial charge is 0.502 e. The van der Waals surface area contributed by atoms with Gasteiger partial charge in [-0.05, 0) is 12.1 Å². The summed E-state index contributed by atoms with van der Waals surface area (Å²) in [6, 6.07) is 2.56. The lowest BCUT2D eigenvalue weighted by Gasteiger charge is -2.04. The van der Waals surface area contributed by atoms with Crippen LogP contribution in [0.25, 0.3) is 0 Å². The van der Waals surface area contributed by atoms with Gasteiger partial charge in [-0.3, -0.25) is 4.79 Å². The number of rotatable bonds is 2. The normalized spacial score (nSPS) is 9.50. The third-order valence-electron chi connectivity index (χ3n) is 1.46. The molecule has 0 heterocycles. The molecule has 0 fully saturated rings. The molecule has 1 N–H and O–H groups in total. The van der Waals surface area contributed by atoms with Gasteiger partial charge in [0.2, 0.25) is 0 Å². The second-order valence-corrected chi connectivity index (χ2v) is 2.14. The van der Waals surface area contributed by atoms with Crippen molar-refractivity contribution in [3.8, 4) is 11.5 Å². The molecule has 1 aromatic carbocycles. The maximum atomic E-state index is 12.9. The first-order chi connectivity index (χ1) is 5.70. The molecule has 0 aliphatic carbocycles. The highest BCUT2D eigenvalue weighted by Crippen LogP contribution is 2.29. The standard InChI is InChI=1S/C8H7FO3/c1-12-6-3-2-5(4-10)7(9)8(6)11/h2-4,11H,1H3. The van der Waals surface area contributed by atoms with Crippen molar-refractivity contribution in [2.75, 3.05) is 7.11 Å². The minimum Gasteiger partial charge on any atom is -0.502 e.